The van der Waals surface area contributed by atoms with E-state index >= 15 is 0 Å². The highest BCUT2D eigenvalue weighted by Gasteiger charge is 2.14. The molecule has 0 fully saturated rings. The van der Waals surface area contributed by atoms with Gasteiger partial charge in [-0.1, -0.05) is 30.3 Å². The quantitative estimate of drug-likeness (QED) is 0.674. The molecule has 0 unspecified atom stereocenters. The molecule has 6 nitrogen and oxygen atoms in total. The minimum atomic E-state index is -0.254. The summed E-state index contributed by atoms with van der Waals surface area (Å²) in [7, 11) is 0. The summed E-state index contributed by atoms with van der Waals surface area (Å²) < 4.78 is 21.8. The minimum Gasteiger partial charge on any atom is -0.489 e. The van der Waals surface area contributed by atoms with Crippen LogP contribution in [0, 0.1) is 0 Å². The zero-order valence-corrected chi connectivity index (χ0v) is 15.1. The molecule has 1 aliphatic rings. The first-order chi connectivity index (χ1) is 13.8. The molecule has 0 aliphatic carbocycles. The summed E-state index contributed by atoms with van der Waals surface area (Å²) in [6, 6.07) is 22.3. The van der Waals surface area contributed by atoms with Crippen LogP contribution in [0.4, 0.5) is 5.69 Å². The van der Waals surface area contributed by atoms with Gasteiger partial charge in [0.1, 0.15) is 18.1 Å². The number of anilines is 1. The summed E-state index contributed by atoms with van der Waals surface area (Å²) in [5.41, 5.74) is 1.77. The van der Waals surface area contributed by atoms with Crippen LogP contribution in [0.1, 0.15) is 5.56 Å². The Morgan fingerprint density at radius 3 is 2.43 bits per heavy atom. The molecule has 4 rings (SSSR count). The number of hydrogen-bond acceptors (Lipinski definition) is 5. The molecule has 3 aromatic rings. The molecule has 1 aliphatic heterocycles. The molecular formula is C22H19NO5. The fraction of sp³-hybridized carbons (Fsp3) is 0.136. The number of ether oxygens (including phenoxy) is 4. The second-order valence-electron chi connectivity index (χ2n) is 6.15. The highest BCUT2D eigenvalue weighted by molar-refractivity contribution is 5.91. The molecule has 3 aromatic carbocycles. The number of fused-ring (bicyclic) bond motifs is 1. The summed E-state index contributed by atoms with van der Waals surface area (Å²) in [5.74, 6) is 2.31. The maximum atomic E-state index is 12.1. The van der Waals surface area contributed by atoms with Crippen molar-refractivity contribution < 1.29 is 23.7 Å². The largest absolute Gasteiger partial charge is 0.489 e. The Morgan fingerprint density at radius 2 is 1.61 bits per heavy atom. The van der Waals surface area contributed by atoms with Crippen molar-refractivity contribution in [1.82, 2.24) is 0 Å². The van der Waals surface area contributed by atoms with Crippen molar-refractivity contribution in [1.29, 1.82) is 0 Å². The zero-order chi connectivity index (χ0) is 19.2. The predicted molar refractivity (Wildman–Crippen MR) is 104 cm³/mol. The van der Waals surface area contributed by atoms with Gasteiger partial charge in [0.05, 0.1) is 0 Å². The summed E-state index contributed by atoms with van der Waals surface area (Å²) in [6.45, 7) is 0.589. The lowest BCUT2D eigenvalue weighted by atomic mass is 10.2. The lowest BCUT2D eigenvalue weighted by Gasteiger charge is -2.09. The van der Waals surface area contributed by atoms with Crippen molar-refractivity contribution >= 4 is 11.6 Å². The van der Waals surface area contributed by atoms with Gasteiger partial charge in [-0.05, 0) is 42.0 Å². The molecule has 0 bridgehead atoms. The van der Waals surface area contributed by atoms with Crippen LogP contribution < -0.4 is 24.3 Å². The molecule has 6 heteroatoms. The summed E-state index contributed by atoms with van der Waals surface area (Å²) in [4.78, 5) is 12.1. The molecule has 0 radical (unpaired) electrons. The Kier molecular flexibility index (Phi) is 5.29. The van der Waals surface area contributed by atoms with Gasteiger partial charge in [-0.3, -0.25) is 4.79 Å². The second-order valence-corrected chi connectivity index (χ2v) is 6.15. The molecule has 1 heterocycles. The first kappa shape index (κ1) is 17.7. The van der Waals surface area contributed by atoms with Crippen LogP contribution in [-0.4, -0.2) is 19.3 Å². The highest BCUT2D eigenvalue weighted by Crippen LogP contribution is 2.35. The van der Waals surface area contributed by atoms with Crippen LogP contribution in [0.2, 0.25) is 0 Å². The monoisotopic (exact) mass is 377 g/mol. The van der Waals surface area contributed by atoms with Gasteiger partial charge in [-0.15, -0.1) is 0 Å². The summed E-state index contributed by atoms with van der Waals surface area (Å²) in [6.07, 6.45) is 0. The molecular weight excluding hydrogens is 358 g/mol. The van der Waals surface area contributed by atoms with Crippen LogP contribution in [0.5, 0.6) is 23.0 Å². The number of nitrogens with one attached hydrogen (secondary N) is 1. The first-order valence-electron chi connectivity index (χ1n) is 8.85. The molecule has 0 spiro atoms. The van der Waals surface area contributed by atoms with Gasteiger partial charge in [0.15, 0.2) is 18.1 Å². The molecule has 1 N–H and O–H groups in total. The van der Waals surface area contributed by atoms with E-state index in [1.807, 2.05) is 42.5 Å². The van der Waals surface area contributed by atoms with Gasteiger partial charge in [0.25, 0.3) is 5.91 Å². The first-order valence-corrected chi connectivity index (χ1v) is 8.85. The highest BCUT2D eigenvalue weighted by atomic mass is 16.7. The Hall–Kier alpha value is -3.67. The molecule has 142 valence electrons. The molecule has 0 saturated carbocycles. The zero-order valence-electron chi connectivity index (χ0n) is 15.1. The van der Waals surface area contributed by atoms with Crippen LogP contribution in [0.15, 0.2) is 72.8 Å². The van der Waals surface area contributed by atoms with Gasteiger partial charge >= 0.3 is 0 Å². The second kappa shape index (κ2) is 8.35. The Labute approximate surface area is 162 Å². The van der Waals surface area contributed by atoms with E-state index in [2.05, 4.69) is 5.32 Å². The lowest BCUT2D eigenvalue weighted by molar-refractivity contribution is -0.118. The average molecular weight is 377 g/mol. The Bertz CT molecular complexity index is 941. The van der Waals surface area contributed by atoms with Crippen LogP contribution >= 0.6 is 0 Å². The van der Waals surface area contributed by atoms with Crippen LogP contribution in [-0.2, 0) is 11.4 Å². The summed E-state index contributed by atoms with van der Waals surface area (Å²) in [5, 5.41) is 2.79. The molecule has 0 atom stereocenters. The smallest absolute Gasteiger partial charge is 0.262 e. The predicted octanol–water partition coefficient (Wildman–Crippen LogP) is 4.01. The summed E-state index contributed by atoms with van der Waals surface area (Å²) >= 11 is 0. The topological polar surface area (TPSA) is 66.0 Å². The molecule has 0 aromatic heterocycles. The third kappa shape index (κ3) is 4.54. The third-order valence-electron chi connectivity index (χ3n) is 4.10. The van der Waals surface area contributed by atoms with Gasteiger partial charge in [0, 0.05) is 11.8 Å². The number of amides is 1. The number of carbonyl (C=O) groups is 1. The molecule has 0 saturated heterocycles. The van der Waals surface area contributed by atoms with E-state index in [4.69, 9.17) is 18.9 Å². The van der Waals surface area contributed by atoms with E-state index in [-0.39, 0.29) is 19.3 Å². The number of hydrogen-bond donors (Lipinski definition) is 1. The van der Waals surface area contributed by atoms with Gasteiger partial charge in [0.2, 0.25) is 6.79 Å². The normalized spacial score (nSPS) is 11.7. The van der Waals surface area contributed by atoms with Crippen molar-refractivity contribution in [2.45, 2.75) is 6.61 Å². The standard InChI is InChI=1S/C22H19NO5/c24-22(14-26-19-10-11-20-21(12-19)28-15-27-20)23-17-6-8-18(9-7-17)25-13-16-4-2-1-3-5-16/h1-12H,13-15H2,(H,23,24). The third-order valence-corrected chi connectivity index (χ3v) is 4.10. The maximum absolute atomic E-state index is 12.1. The number of benzene rings is 3. The van der Waals surface area contributed by atoms with E-state index in [9.17, 15) is 4.79 Å². The number of rotatable bonds is 7. The van der Waals surface area contributed by atoms with Crippen molar-refractivity contribution in [2.75, 3.05) is 18.7 Å². The van der Waals surface area contributed by atoms with Crippen molar-refractivity contribution in [3.63, 3.8) is 0 Å². The molecule has 1 amide bonds. The van der Waals surface area contributed by atoms with E-state index in [1.54, 1.807) is 30.3 Å². The molecule has 28 heavy (non-hydrogen) atoms. The van der Waals surface area contributed by atoms with E-state index in [0.29, 0.717) is 29.5 Å². The van der Waals surface area contributed by atoms with Crippen LogP contribution in [0.3, 0.4) is 0 Å². The van der Waals surface area contributed by atoms with E-state index in [1.165, 1.54) is 0 Å². The van der Waals surface area contributed by atoms with Crippen molar-refractivity contribution in [3.05, 3.63) is 78.4 Å². The van der Waals surface area contributed by atoms with E-state index < -0.39 is 0 Å². The van der Waals surface area contributed by atoms with Gasteiger partial charge in [-0.2, -0.15) is 0 Å². The van der Waals surface area contributed by atoms with E-state index in [0.717, 1.165) is 11.3 Å². The fourth-order valence-electron chi connectivity index (χ4n) is 2.69. The van der Waals surface area contributed by atoms with Crippen molar-refractivity contribution in [2.24, 2.45) is 0 Å². The maximum Gasteiger partial charge on any atom is 0.262 e. The SMILES string of the molecule is O=C(COc1ccc2c(c1)OCO2)Nc1ccc(OCc2ccccc2)cc1. The van der Waals surface area contributed by atoms with Crippen molar-refractivity contribution in [3.8, 4) is 23.0 Å². The Morgan fingerprint density at radius 1 is 0.857 bits per heavy atom. The Balaban J connectivity index is 1.25. The number of carbonyl (C=O) groups excluding carboxylic acids is 1. The van der Waals surface area contributed by atoms with Crippen LogP contribution in [0.25, 0.3) is 0 Å². The average Bonchev–Trinajstić information content (AvgIpc) is 3.20. The fourth-order valence-corrected chi connectivity index (χ4v) is 2.69. The lowest BCUT2D eigenvalue weighted by Crippen LogP contribution is -2.20. The van der Waals surface area contributed by atoms with Gasteiger partial charge in [-0.25, -0.2) is 0 Å². The van der Waals surface area contributed by atoms with Gasteiger partial charge < -0.3 is 24.3 Å². The minimum absolute atomic E-state index is 0.105.